The van der Waals surface area contributed by atoms with Crippen molar-refractivity contribution < 1.29 is 36.8 Å². The first-order valence-electron chi connectivity index (χ1n) is 12.7. The summed E-state index contributed by atoms with van der Waals surface area (Å²) in [6.07, 6.45) is 4.58. The molecule has 6 N–H and O–H groups in total. The Bertz CT molecular complexity index is 730. The molecule has 0 amide bonds. The Morgan fingerprint density at radius 1 is 0.795 bits per heavy atom. The predicted octanol–water partition coefficient (Wildman–Crippen LogP) is -0.0551. The Kier molecular flexibility index (Phi) is 24.1. The van der Waals surface area contributed by atoms with Gasteiger partial charge in [0.05, 0.1) is 71.7 Å². The maximum atomic E-state index is 12.7. The van der Waals surface area contributed by atoms with Crippen molar-refractivity contribution >= 4 is 47.2 Å². The van der Waals surface area contributed by atoms with E-state index in [1.54, 1.807) is 7.05 Å². The number of sulfonamides is 1. The lowest BCUT2D eigenvalue weighted by Crippen LogP contribution is -2.47. The van der Waals surface area contributed by atoms with Crippen LogP contribution in [-0.4, -0.2) is 129 Å². The van der Waals surface area contributed by atoms with Gasteiger partial charge in [0.25, 0.3) is 0 Å². The smallest absolute Gasteiger partial charge is 0.219 e. The van der Waals surface area contributed by atoms with Crippen LogP contribution in [0, 0.1) is 5.41 Å². The van der Waals surface area contributed by atoms with Gasteiger partial charge in [0, 0.05) is 45.2 Å². The molecule has 0 radical (unpaired) electrons. The molecular weight excluding hydrogens is 599 g/mol. The molecule has 0 aromatic rings. The summed E-state index contributed by atoms with van der Waals surface area (Å²) in [7, 11) is -1.75. The minimum Gasteiger partial charge on any atom is -0.379 e. The summed E-state index contributed by atoms with van der Waals surface area (Å²) in [4.78, 5) is 0. The molecule has 0 aromatic heterocycles. The van der Waals surface area contributed by atoms with E-state index >= 15 is 0 Å². The van der Waals surface area contributed by atoms with Crippen LogP contribution < -0.4 is 17.2 Å². The van der Waals surface area contributed by atoms with E-state index < -0.39 is 15.3 Å². The third-order valence-electron chi connectivity index (χ3n) is 6.45. The second-order valence-electron chi connectivity index (χ2n) is 9.13. The Balaban J connectivity index is 0. The van der Waals surface area contributed by atoms with Crippen LogP contribution in [0.5, 0.6) is 0 Å². The van der Waals surface area contributed by atoms with Gasteiger partial charge < -0.3 is 45.6 Å². The Morgan fingerprint density at radius 3 is 1.67 bits per heavy atom. The average Bonchev–Trinajstić information content (AvgIpc) is 3.53. The number of ether oxygens (including phenoxy) is 6. The minimum atomic E-state index is -3.36. The summed E-state index contributed by atoms with van der Waals surface area (Å²) in [5.74, 6) is 0. The molecule has 0 saturated carbocycles. The number of halogens is 3. The summed E-state index contributed by atoms with van der Waals surface area (Å²) in [5, 5.41) is -0.477. The van der Waals surface area contributed by atoms with Crippen molar-refractivity contribution in [3.05, 3.63) is 12.2 Å². The van der Waals surface area contributed by atoms with Crippen molar-refractivity contribution in [1.29, 1.82) is 0 Å². The monoisotopic (exact) mass is 646 g/mol. The van der Waals surface area contributed by atoms with Crippen LogP contribution in [0.2, 0.25) is 0 Å². The van der Waals surface area contributed by atoms with E-state index in [2.05, 4.69) is 0 Å². The van der Waals surface area contributed by atoms with E-state index in [4.69, 9.17) is 45.6 Å². The third kappa shape index (κ3) is 14.3. The molecule has 236 valence electrons. The zero-order chi connectivity index (χ0) is 26.3. The highest BCUT2D eigenvalue weighted by atomic mass is 35.5. The van der Waals surface area contributed by atoms with Crippen LogP contribution in [0.1, 0.15) is 12.8 Å². The SMILES string of the molecule is CN(CCCOCCOCCOCCOCCOCC(CN)(CN)CN)S(=O)(=O)C1CC2C=CC1O2.Cl.Cl.Cl. The molecule has 39 heavy (non-hydrogen) atoms. The van der Waals surface area contributed by atoms with Gasteiger partial charge in [-0.25, -0.2) is 12.7 Å². The predicted molar refractivity (Wildman–Crippen MR) is 158 cm³/mol. The lowest BCUT2D eigenvalue weighted by Gasteiger charge is -2.28. The zero-order valence-electron chi connectivity index (χ0n) is 22.8. The molecule has 2 bridgehead atoms. The Labute approximate surface area is 252 Å². The van der Waals surface area contributed by atoms with E-state index in [1.807, 2.05) is 12.2 Å². The molecule has 3 atom stereocenters. The number of hydrogen-bond donors (Lipinski definition) is 3. The molecule has 0 spiro atoms. The van der Waals surface area contributed by atoms with Gasteiger partial charge in [-0.2, -0.15) is 0 Å². The minimum absolute atomic E-state index is 0. The van der Waals surface area contributed by atoms with E-state index in [0.29, 0.717) is 105 Å². The van der Waals surface area contributed by atoms with Gasteiger partial charge in [0.15, 0.2) is 0 Å². The molecule has 2 aliphatic rings. The van der Waals surface area contributed by atoms with Gasteiger partial charge in [-0.3, -0.25) is 0 Å². The number of nitrogens with zero attached hydrogens (tertiary/aromatic N) is 1. The first-order valence-corrected chi connectivity index (χ1v) is 14.2. The largest absolute Gasteiger partial charge is 0.379 e. The third-order valence-corrected chi connectivity index (χ3v) is 8.73. The van der Waals surface area contributed by atoms with Crippen LogP contribution in [-0.2, 0) is 38.4 Å². The second-order valence-corrected chi connectivity index (χ2v) is 11.4. The van der Waals surface area contributed by atoms with Crippen molar-refractivity contribution in [3.8, 4) is 0 Å². The lowest BCUT2D eigenvalue weighted by atomic mass is 9.89. The fourth-order valence-electron chi connectivity index (χ4n) is 3.87. The topological polar surface area (TPSA) is 171 Å². The fraction of sp³-hybridized carbons (Fsp3) is 0.913. The maximum absolute atomic E-state index is 12.7. The molecule has 1 saturated heterocycles. The van der Waals surface area contributed by atoms with Crippen LogP contribution in [0.3, 0.4) is 0 Å². The highest BCUT2D eigenvalue weighted by Gasteiger charge is 2.45. The van der Waals surface area contributed by atoms with Crippen molar-refractivity contribution in [2.75, 3.05) is 99.3 Å². The summed E-state index contributed by atoms with van der Waals surface area (Å²) >= 11 is 0. The van der Waals surface area contributed by atoms with Gasteiger partial charge in [-0.15, -0.1) is 37.2 Å². The molecule has 3 unspecified atom stereocenters. The van der Waals surface area contributed by atoms with Crippen molar-refractivity contribution in [1.82, 2.24) is 4.31 Å². The summed E-state index contributed by atoms with van der Waals surface area (Å²) < 4.78 is 59.9. The molecule has 2 aliphatic heterocycles. The number of hydrogen-bond acceptors (Lipinski definition) is 11. The lowest BCUT2D eigenvalue weighted by molar-refractivity contribution is -0.0191. The molecule has 16 heteroatoms. The zero-order valence-corrected chi connectivity index (χ0v) is 26.0. The summed E-state index contributed by atoms with van der Waals surface area (Å²) in [5.41, 5.74) is 16.8. The van der Waals surface area contributed by atoms with Gasteiger partial charge >= 0.3 is 0 Å². The summed E-state index contributed by atoms with van der Waals surface area (Å²) in [6.45, 7) is 6.17. The van der Waals surface area contributed by atoms with Crippen LogP contribution in [0.4, 0.5) is 0 Å². The first-order chi connectivity index (χ1) is 17.4. The van der Waals surface area contributed by atoms with Gasteiger partial charge in [-0.1, -0.05) is 12.2 Å². The van der Waals surface area contributed by atoms with Gasteiger partial charge in [0.1, 0.15) is 5.25 Å². The number of nitrogens with two attached hydrogens (primary N) is 3. The normalized spacial score (nSPS) is 20.1. The molecule has 12 nitrogen and oxygen atoms in total. The molecule has 2 heterocycles. The molecule has 2 rings (SSSR count). The van der Waals surface area contributed by atoms with Crippen molar-refractivity contribution in [2.24, 2.45) is 22.6 Å². The Morgan fingerprint density at radius 2 is 1.26 bits per heavy atom. The second kappa shape index (κ2) is 22.7. The van der Waals surface area contributed by atoms with Crippen LogP contribution in [0.25, 0.3) is 0 Å². The van der Waals surface area contributed by atoms with Crippen molar-refractivity contribution in [3.63, 3.8) is 0 Å². The number of rotatable bonds is 23. The maximum Gasteiger partial charge on any atom is 0.219 e. The van der Waals surface area contributed by atoms with Crippen LogP contribution >= 0.6 is 37.2 Å². The van der Waals surface area contributed by atoms with Crippen molar-refractivity contribution in [2.45, 2.75) is 30.3 Å². The Hall–Kier alpha value is 0.160. The van der Waals surface area contributed by atoms with E-state index in [1.165, 1.54) is 4.31 Å². The highest BCUT2D eigenvalue weighted by molar-refractivity contribution is 7.89. The molecule has 0 aromatic carbocycles. The number of fused-ring (bicyclic) bond motifs is 2. The van der Waals surface area contributed by atoms with Gasteiger partial charge in [-0.05, 0) is 12.8 Å². The average molecular weight is 648 g/mol. The molecular formula is C23H49Cl3N4O8S. The first kappa shape index (κ1) is 41.3. The van der Waals surface area contributed by atoms with Crippen LogP contribution in [0.15, 0.2) is 12.2 Å². The molecule has 0 aliphatic carbocycles. The van der Waals surface area contributed by atoms with E-state index in [9.17, 15) is 8.42 Å². The standard InChI is InChI=1S/C23H46N4O8S.3ClH/c1-27(36(28,29)22-15-20-3-4-21(22)35-20)5-2-6-30-7-8-31-9-10-32-11-12-33-13-14-34-19-23(16-24,17-25)18-26;;;/h3-4,20-22H,2,5-19,24-26H2,1H3;3*1H. The van der Waals surface area contributed by atoms with Gasteiger partial charge in [0.2, 0.25) is 10.0 Å². The van der Waals surface area contributed by atoms with E-state index in [0.717, 1.165) is 0 Å². The fourth-order valence-corrected chi connectivity index (χ4v) is 5.64. The van der Waals surface area contributed by atoms with E-state index in [-0.39, 0.29) is 54.8 Å². The highest BCUT2D eigenvalue weighted by Crippen LogP contribution is 2.34. The quantitative estimate of drug-likeness (QED) is 0.100. The molecule has 1 fully saturated rings. The summed E-state index contributed by atoms with van der Waals surface area (Å²) in [6, 6.07) is 0.